The van der Waals surface area contributed by atoms with E-state index in [1.807, 2.05) is 0 Å². The Bertz CT molecular complexity index is 271. The first-order valence-corrected chi connectivity index (χ1v) is 6.43. The first kappa shape index (κ1) is 12.8. The van der Waals surface area contributed by atoms with Gasteiger partial charge in [-0.15, -0.1) is 0 Å². The number of nitrogens with one attached hydrogen (secondary N) is 1. The molecule has 5 heteroatoms. The minimum Gasteiger partial charge on any atom is -0.388 e. The summed E-state index contributed by atoms with van der Waals surface area (Å²) in [6.07, 6.45) is 2.67. The second-order valence-corrected chi connectivity index (χ2v) is 4.79. The van der Waals surface area contributed by atoms with Gasteiger partial charge in [-0.05, 0) is 6.42 Å². The summed E-state index contributed by atoms with van der Waals surface area (Å²) < 4.78 is 10.9. The molecule has 4 atom stereocenters. The largest absolute Gasteiger partial charge is 0.388 e. The summed E-state index contributed by atoms with van der Waals surface area (Å²) in [6, 6.07) is -0.105. The second-order valence-electron chi connectivity index (χ2n) is 4.79. The Kier molecular flexibility index (Phi) is 4.36. The molecular formula is C12H21NO4. The third-order valence-electron chi connectivity index (χ3n) is 3.38. The standard InChI is InChI=1S/C12H21NO4/c1-2-3-4-5-10(15)13-8-6-16-12-9(14)7-17-11(8)12/h8-9,11-12,14H,2-7H2,1H3,(H,13,15). The summed E-state index contributed by atoms with van der Waals surface area (Å²) in [5, 5.41) is 12.5. The lowest BCUT2D eigenvalue weighted by atomic mass is 10.1. The lowest BCUT2D eigenvalue weighted by molar-refractivity contribution is -0.122. The van der Waals surface area contributed by atoms with Crippen molar-refractivity contribution in [2.75, 3.05) is 13.2 Å². The molecule has 2 aliphatic rings. The van der Waals surface area contributed by atoms with E-state index in [-0.39, 0.29) is 24.2 Å². The van der Waals surface area contributed by atoms with E-state index in [2.05, 4.69) is 12.2 Å². The molecule has 0 aromatic carbocycles. The van der Waals surface area contributed by atoms with Crippen molar-refractivity contribution in [1.29, 1.82) is 0 Å². The SMILES string of the molecule is CCCCCC(=O)NC1COC2C(O)COC12. The first-order valence-electron chi connectivity index (χ1n) is 6.43. The Morgan fingerprint density at radius 3 is 2.82 bits per heavy atom. The molecule has 4 unspecified atom stereocenters. The van der Waals surface area contributed by atoms with Gasteiger partial charge in [-0.25, -0.2) is 0 Å². The summed E-state index contributed by atoms with van der Waals surface area (Å²) in [5.74, 6) is 0.0534. The van der Waals surface area contributed by atoms with Crippen LogP contribution < -0.4 is 5.32 Å². The molecule has 5 nitrogen and oxygen atoms in total. The van der Waals surface area contributed by atoms with Crippen molar-refractivity contribution in [1.82, 2.24) is 5.32 Å². The quantitative estimate of drug-likeness (QED) is 0.677. The smallest absolute Gasteiger partial charge is 0.220 e. The maximum atomic E-state index is 11.7. The molecule has 2 saturated heterocycles. The predicted octanol–water partition coefficient (Wildman–Crippen LogP) is 0.210. The zero-order valence-corrected chi connectivity index (χ0v) is 10.2. The molecule has 2 fully saturated rings. The highest BCUT2D eigenvalue weighted by atomic mass is 16.6. The van der Waals surface area contributed by atoms with E-state index in [4.69, 9.17) is 9.47 Å². The number of ether oxygens (including phenoxy) is 2. The van der Waals surface area contributed by atoms with Crippen molar-refractivity contribution in [3.8, 4) is 0 Å². The number of carbonyl (C=O) groups excluding carboxylic acids is 1. The molecule has 0 radical (unpaired) electrons. The number of aliphatic hydroxyl groups excluding tert-OH is 1. The maximum absolute atomic E-state index is 11.7. The summed E-state index contributed by atoms with van der Waals surface area (Å²) in [7, 11) is 0. The minimum atomic E-state index is -0.554. The van der Waals surface area contributed by atoms with Crippen molar-refractivity contribution in [3.05, 3.63) is 0 Å². The molecule has 0 aromatic heterocycles. The lowest BCUT2D eigenvalue weighted by Crippen LogP contribution is -2.44. The van der Waals surface area contributed by atoms with E-state index in [1.54, 1.807) is 0 Å². The molecule has 17 heavy (non-hydrogen) atoms. The highest BCUT2D eigenvalue weighted by molar-refractivity contribution is 5.76. The number of hydrogen-bond donors (Lipinski definition) is 2. The molecular weight excluding hydrogens is 222 g/mol. The minimum absolute atomic E-state index is 0.0534. The van der Waals surface area contributed by atoms with Gasteiger partial charge in [-0.3, -0.25) is 4.79 Å². The molecule has 0 saturated carbocycles. The van der Waals surface area contributed by atoms with Gasteiger partial charge in [-0.1, -0.05) is 19.8 Å². The Balaban J connectivity index is 1.74. The van der Waals surface area contributed by atoms with E-state index >= 15 is 0 Å². The molecule has 1 amide bonds. The normalized spacial score (nSPS) is 35.9. The van der Waals surface area contributed by atoms with Gasteiger partial charge in [0.1, 0.15) is 18.3 Å². The van der Waals surface area contributed by atoms with Crippen LogP contribution in [0.3, 0.4) is 0 Å². The van der Waals surface area contributed by atoms with Crippen molar-refractivity contribution in [2.45, 2.75) is 57.0 Å². The molecule has 98 valence electrons. The molecule has 0 spiro atoms. The number of aliphatic hydroxyl groups is 1. The van der Waals surface area contributed by atoms with E-state index in [9.17, 15) is 9.90 Å². The second kappa shape index (κ2) is 5.80. The van der Waals surface area contributed by atoms with Gasteiger partial charge < -0.3 is 19.9 Å². The number of rotatable bonds is 5. The number of hydrogen-bond acceptors (Lipinski definition) is 4. The lowest BCUT2D eigenvalue weighted by Gasteiger charge is -2.17. The average Bonchev–Trinajstić information content (AvgIpc) is 2.84. The Labute approximate surface area is 101 Å². The van der Waals surface area contributed by atoms with E-state index in [1.165, 1.54) is 0 Å². The van der Waals surface area contributed by atoms with Crippen LogP contribution in [0.4, 0.5) is 0 Å². The maximum Gasteiger partial charge on any atom is 0.220 e. The highest BCUT2D eigenvalue weighted by Crippen LogP contribution is 2.26. The van der Waals surface area contributed by atoms with Gasteiger partial charge in [0, 0.05) is 6.42 Å². The van der Waals surface area contributed by atoms with Gasteiger partial charge in [0.25, 0.3) is 0 Å². The molecule has 0 bridgehead atoms. The zero-order valence-electron chi connectivity index (χ0n) is 10.2. The Morgan fingerprint density at radius 2 is 2.06 bits per heavy atom. The topological polar surface area (TPSA) is 67.8 Å². The first-order chi connectivity index (χ1) is 8.22. The van der Waals surface area contributed by atoms with E-state index < -0.39 is 6.10 Å². The fourth-order valence-electron chi connectivity index (χ4n) is 2.42. The number of fused-ring (bicyclic) bond motifs is 1. The fourth-order valence-corrected chi connectivity index (χ4v) is 2.42. The Hall–Kier alpha value is -0.650. The van der Waals surface area contributed by atoms with Crippen LogP contribution in [0.2, 0.25) is 0 Å². The number of amides is 1. The van der Waals surface area contributed by atoms with E-state index in [0.29, 0.717) is 19.6 Å². The summed E-state index contributed by atoms with van der Waals surface area (Å²) >= 11 is 0. The molecule has 0 aromatic rings. The van der Waals surface area contributed by atoms with Crippen molar-refractivity contribution >= 4 is 5.91 Å². The highest BCUT2D eigenvalue weighted by Gasteiger charge is 2.47. The van der Waals surface area contributed by atoms with Gasteiger partial charge >= 0.3 is 0 Å². The average molecular weight is 243 g/mol. The van der Waals surface area contributed by atoms with Crippen molar-refractivity contribution < 1.29 is 19.4 Å². The van der Waals surface area contributed by atoms with Gasteiger partial charge in [0.05, 0.1) is 19.3 Å². The summed E-state index contributed by atoms with van der Waals surface area (Å²) in [4.78, 5) is 11.7. The number of carbonyl (C=O) groups is 1. The zero-order chi connectivity index (χ0) is 12.3. The molecule has 2 rings (SSSR count). The fraction of sp³-hybridized carbons (Fsp3) is 0.917. The van der Waals surface area contributed by atoms with Crippen LogP contribution in [0.25, 0.3) is 0 Å². The monoisotopic (exact) mass is 243 g/mol. The third-order valence-corrected chi connectivity index (χ3v) is 3.38. The summed E-state index contributed by atoms with van der Waals surface area (Å²) in [5.41, 5.74) is 0. The van der Waals surface area contributed by atoms with Crippen LogP contribution in [-0.2, 0) is 14.3 Å². The van der Waals surface area contributed by atoms with Crippen LogP contribution in [0.15, 0.2) is 0 Å². The molecule has 2 aliphatic heterocycles. The van der Waals surface area contributed by atoms with Gasteiger partial charge in [0.2, 0.25) is 5.91 Å². The van der Waals surface area contributed by atoms with E-state index in [0.717, 1.165) is 19.3 Å². The van der Waals surface area contributed by atoms with Gasteiger partial charge in [-0.2, -0.15) is 0 Å². The van der Waals surface area contributed by atoms with Gasteiger partial charge in [0.15, 0.2) is 0 Å². The van der Waals surface area contributed by atoms with Crippen molar-refractivity contribution in [2.24, 2.45) is 0 Å². The van der Waals surface area contributed by atoms with Crippen LogP contribution in [0, 0.1) is 0 Å². The number of unbranched alkanes of at least 4 members (excludes halogenated alkanes) is 2. The molecule has 2 N–H and O–H groups in total. The molecule has 2 heterocycles. The summed E-state index contributed by atoms with van der Waals surface area (Å²) in [6.45, 7) is 2.85. The van der Waals surface area contributed by atoms with Crippen LogP contribution >= 0.6 is 0 Å². The third kappa shape index (κ3) is 2.97. The van der Waals surface area contributed by atoms with Crippen molar-refractivity contribution in [3.63, 3.8) is 0 Å². The van der Waals surface area contributed by atoms with Crippen LogP contribution in [-0.4, -0.2) is 48.6 Å². The Morgan fingerprint density at radius 1 is 1.29 bits per heavy atom. The van der Waals surface area contributed by atoms with Crippen LogP contribution in [0.5, 0.6) is 0 Å². The predicted molar refractivity (Wildman–Crippen MR) is 61.6 cm³/mol. The van der Waals surface area contributed by atoms with Crippen LogP contribution in [0.1, 0.15) is 32.6 Å². The molecule has 0 aliphatic carbocycles.